The predicted octanol–water partition coefficient (Wildman–Crippen LogP) is 4.72. The summed E-state index contributed by atoms with van der Waals surface area (Å²) >= 11 is 0. The van der Waals surface area contributed by atoms with Crippen LogP contribution in [0.1, 0.15) is 27.5 Å². The Hall–Kier alpha value is -3.37. The number of benzene rings is 3. The number of carbonyl (C=O) groups is 1. The number of H-pyrrole nitrogens is 1. The van der Waals surface area contributed by atoms with Crippen molar-refractivity contribution in [1.82, 2.24) is 14.8 Å². The van der Waals surface area contributed by atoms with Crippen molar-refractivity contribution < 1.29 is 4.79 Å². The minimum atomic E-state index is 0.119. The number of rotatable bonds is 4. The second-order valence-corrected chi connectivity index (χ2v) is 7.83. The first-order chi connectivity index (χ1) is 14.8. The highest BCUT2D eigenvalue weighted by molar-refractivity contribution is 5.98. The second-order valence-electron chi connectivity index (χ2n) is 7.83. The van der Waals surface area contributed by atoms with Gasteiger partial charge in [-0.2, -0.15) is 0 Å². The van der Waals surface area contributed by atoms with Crippen molar-refractivity contribution in [3.8, 4) is 0 Å². The van der Waals surface area contributed by atoms with Crippen LogP contribution in [0.4, 0.5) is 0 Å². The van der Waals surface area contributed by atoms with Crippen molar-refractivity contribution in [3.05, 3.63) is 108 Å². The van der Waals surface area contributed by atoms with E-state index in [9.17, 15) is 4.79 Å². The number of hydrogen-bond acceptors (Lipinski definition) is 2. The molecule has 2 heterocycles. The maximum absolute atomic E-state index is 13.1. The van der Waals surface area contributed by atoms with Crippen molar-refractivity contribution in [1.29, 1.82) is 0 Å². The first-order valence-corrected chi connectivity index (χ1v) is 10.5. The highest BCUT2D eigenvalue weighted by Crippen LogP contribution is 2.29. The van der Waals surface area contributed by atoms with E-state index in [2.05, 4.69) is 70.5 Å². The Morgan fingerprint density at radius 3 is 2.03 bits per heavy atom. The molecule has 30 heavy (non-hydrogen) atoms. The maximum atomic E-state index is 13.1. The van der Waals surface area contributed by atoms with Crippen LogP contribution < -0.4 is 0 Å². The molecule has 1 amide bonds. The van der Waals surface area contributed by atoms with E-state index in [1.165, 1.54) is 11.1 Å². The van der Waals surface area contributed by atoms with Crippen LogP contribution in [0.3, 0.4) is 0 Å². The number of amides is 1. The molecule has 1 N–H and O–H groups in total. The Kier molecular flexibility index (Phi) is 5.08. The fourth-order valence-electron chi connectivity index (χ4n) is 4.44. The van der Waals surface area contributed by atoms with Gasteiger partial charge in [-0.25, -0.2) is 0 Å². The molecule has 0 spiro atoms. The molecule has 0 aliphatic carbocycles. The van der Waals surface area contributed by atoms with Gasteiger partial charge < -0.3 is 9.88 Å². The molecule has 5 rings (SSSR count). The van der Waals surface area contributed by atoms with Crippen molar-refractivity contribution >= 4 is 16.8 Å². The van der Waals surface area contributed by atoms with Crippen molar-refractivity contribution in [2.75, 3.05) is 26.2 Å². The quantitative estimate of drug-likeness (QED) is 0.543. The minimum Gasteiger partial charge on any atom is -0.361 e. The van der Waals surface area contributed by atoms with E-state index >= 15 is 0 Å². The molecule has 0 bridgehead atoms. The van der Waals surface area contributed by atoms with Gasteiger partial charge in [0.25, 0.3) is 5.91 Å². The Labute approximate surface area is 176 Å². The van der Waals surface area contributed by atoms with Crippen LogP contribution in [0.25, 0.3) is 10.9 Å². The van der Waals surface area contributed by atoms with Gasteiger partial charge in [-0.05, 0) is 35.4 Å². The fourth-order valence-corrected chi connectivity index (χ4v) is 4.44. The first kappa shape index (κ1) is 18.6. The largest absolute Gasteiger partial charge is 0.361 e. The molecule has 1 aliphatic heterocycles. The molecule has 0 saturated carbocycles. The smallest absolute Gasteiger partial charge is 0.253 e. The Balaban J connectivity index is 1.34. The van der Waals surface area contributed by atoms with Crippen LogP contribution >= 0.6 is 0 Å². The third-order valence-electron chi connectivity index (χ3n) is 6.00. The number of fused-ring (bicyclic) bond motifs is 1. The van der Waals surface area contributed by atoms with Gasteiger partial charge in [0, 0.05) is 48.8 Å². The minimum absolute atomic E-state index is 0.119. The Morgan fingerprint density at radius 2 is 1.40 bits per heavy atom. The van der Waals surface area contributed by atoms with E-state index < -0.39 is 0 Å². The number of hydrogen-bond donors (Lipinski definition) is 1. The van der Waals surface area contributed by atoms with E-state index in [0.717, 1.165) is 42.6 Å². The molecule has 0 radical (unpaired) electrons. The molecular formula is C26H25N3O. The lowest BCUT2D eigenvalue weighted by atomic mass is 9.96. The topological polar surface area (TPSA) is 39.3 Å². The zero-order valence-electron chi connectivity index (χ0n) is 16.9. The summed E-state index contributed by atoms with van der Waals surface area (Å²) in [7, 11) is 0. The Bertz CT molecular complexity index is 1090. The lowest BCUT2D eigenvalue weighted by molar-refractivity contribution is 0.0597. The van der Waals surface area contributed by atoms with Crippen LogP contribution in [-0.2, 0) is 0 Å². The zero-order valence-corrected chi connectivity index (χ0v) is 16.9. The molecule has 1 saturated heterocycles. The second kappa shape index (κ2) is 8.17. The molecule has 1 aromatic heterocycles. The molecule has 3 aromatic carbocycles. The molecule has 150 valence electrons. The SMILES string of the molecule is O=C(c1ccc2[nH]ccc2c1)N1CCN(C(c2ccccc2)c2ccccc2)CC1. The number of nitrogens with one attached hydrogen (secondary N) is 1. The number of aromatic nitrogens is 1. The monoisotopic (exact) mass is 395 g/mol. The average molecular weight is 396 g/mol. The third kappa shape index (κ3) is 3.62. The van der Waals surface area contributed by atoms with E-state index in [4.69, 9.17) is 0 Å². The van der Waals surface area contributed by atoms with Gasteiger partial charge in [-0.3, -0.25) is 9.69 Å². The zero-order chi connectivity index (χ0) is 20.3. The summed E-state index contributed by atoms with van der Waals surface area (Å²) in [5.74, 6) is 0.119. The third-order valence-corrected chi connectivity index (χ3v) is 6.00. The molecular weight excluding hydrogens is 370 g/mol. The average Bonchev–Trinajstić information content (AvgIpc) is 3.29. The van der Waals surface area contributed by atoms with Crippen LogP contribution in [0.15, 0.2) is 91.1 Å². The fraction of sp³-hybridized carbons (Fsp3) is 0.192. The van der Waals surface area contributed by atoms with Gasteiger partial charge in [-0.15, -0.1) is 0 Å². The van der Waals surface area contributed by atoms with Gasteiger partial charge in [0.05, 0.1) is 6.04 Å². The van der Waals surface area contributed by atoms with Gasteiger partial charge >= 0.3 is 0 Å². The summed E-state index contributed by atoms with van der Waals surface area (Å²) < 4.78 is 0. The number of carbonyl (C=O) groups excluding carboxylic acids is 1. The van der Waals surface area contributed by atoms with E-state index in [-0.39, 0.29) is 11.9 Å². The van der Waals surface area contributed by atoms with Gasteiger partial charge in [0.2, 0.25) is 0 Å². The van der Waals surface area contributed by atoms with Crippen LogP contribution in [0, 0.1) is 0 Å². The Morgan fingerprint density at radius 1 is 0.767 bits per heavy atom. The number of aromatic amines is 1. The lowest BCUT2D eigenvalue weighted by Gasteiger charge is -2.39. The molecule has 4 nitrogen and oxygen atoms in total. The molecule has 0 atom stereocenters. The van der Waals surface area contributed by atoms with Crippen molar-refractivity contribution in [2.45, 2.75) is 6.04 Å². The lowest BCUT2D eigenvalue weighted by Crippen LogP contribution is -2.49. The predicted molar refractivity (Wildman–Crippen MR) is 121 cm³/mol. The summed E-state index contributed by atoms with van der Waals surface area (Å²) in [6.45, 7) is 3.18. The molecule has 1 aliphatic rings. The summed E-state index contributed by atoms with van der Waals surface area (Å²) in [6, 6.07) is 29.4. The van der Waals surface area contributed by atoms with Gasteiger partial charge in [0.1, 0.15) is 0 Å². The summed E-state index contributed by atoms with van der Waals surface area (Å²) in [4.78, 5) is 20.7. The molecule has 4 aromatic rings. The maximum Gasteiger partial charge on any atom is 0.253 e. The highest BCUT2D eigenvalue weighted by atomic mass is 16.2. The van der Waals surface area contributed by atoms with Gasteiger partial charge in [0.15, 0.2) is 0 Å². The van der Waals surface area contributed by atoms with Crippen LogP contribution in [0.5, 0.6) is 0 Å². The van der Waals surface area contributed by atoms with E-state index in [1.54, 1.807) is 0 Å². The van der Waals surface area contributed by atoms with Gasteiger partial charge in [-0.1, -0.05) is 60.7 Å². The number of piperazine rings is 1. The van der Waals surface area contributed by atoms with Crippen molar-refractivity contribution in [3.63, 3.8) is 0 Å². The number of nitrogens with zero attached hydrogens (tertiary/aromatic N) is 2. The molecule has 0 unspecified atom stereocenters. The summed E-state index contributed by atoms with van der Waals surface area (Å²) in [5, 5.41) is 1.08. The van der Waals surface area contributed by atoms with Crippen LogP contribution in [0.2, 0.25) is 0 Å². The van der Waals surface area contributed by atoms with E-state index in [1.807, 2.05) is 35.4 Å². The normalized spacial score (nSPS) is 15.0. The van der Waals surface area contributed by atoms with E-state index in [0.29, 0.717) is 0 Å². The summed E-state index contributed by atoms with van der Waals surface area (Å²) in [5.41, 5.74) is 4.41. The standard InChI is InChI=1S/C26H25N3O/c30-26(23-11-12-24-22(19-23)13-14-27-24)29-17-15-28(16-18-29)25(20-7-3-1-4-8-20)21-9-5-2-6-10-21/h1-14,19,25,27H,15-18H2. The molecule has 4 heteroatoms. The first-order valence-electron chi connectivity index (χ1n) is 10.5. The van der Waals surface area contributed by atoms with Crippen molar-refractivity contribution in [2.24, 2.45) is 0 Å². The molecule has 1 fully saturated rings. The highest BCUT2D eigenvalue weighted by Gasteiger charge is 2.28. The summed E-state index contributed by atoms with van der Waals surface area (Å²) in [6.07, 6.45) is 1.91. The van der Waals surface area contributed by atoms with Crippen LogP contribution in [-0.4, -0.2) is 46.9 Å².